The van der Waals surface area contributed by atoms with Gasteiger partial charge in [0.25, 0.3) is 15.9 Å². The maximum atomic E-state index is 13.0. The summed E-state index contributed by atoms with van der Waals surface area (Å²) in [5, 5.41) is 2.82. The number of amides is 1. The van der Waals surface area contributed by atoms with Crippen LogP contribution in [0, 0.1) is 5.82 Å². The van der Waals surface area contributed by atoms with E-state index in [4.69, 9.17) is 0 Å². The van der Waals surface area contributed by atoms with Gasteiger partial charge in [0, 0.05) is 16.9 Å². The van der Waals surface area contributed by atoms with Gasteiger partial charge >= 0.3 is 0 Å². The molecule has 1 amide bonds. The van der Waals surface area contributed by atoms with Crippen molar-refractivity contribution < 1.29 is 17.6 Å². The average molecular weight is 398 g/mol. The lowest BCUT2D eigenvalue weighted by molar-refractivity contribution is 0.102. The number of benzene rings is 3. The zero-order valence-electron chi connectivity index (χ0n) is 15.1. The molecule has 0 unspecified atom stereocenters. The fourth-order valence-electron chi connectivity index (χ4n) is 2.59. The predicted octanol–water partition coefficient (Wildman–Crippen LogP) is 4.44. The normalized spacial score (nSPS) is 11.1. The molecule has 0 atom stereocenters. The highest BCUT2D eigenvalue weighted by atomic mass is 32.2. The number of anilines is 2. The zero-order chi connectivity index (χ0) is 20.1. The number of rotatable bonds is 6. The molecular weight excluding hydrogens is 379 g/mol. The van der Waals surface area contributed by atoms with Gasteiger partial charge in [0.2, 0.25) is 0 Å². The van der Waals surface area contributed by atoms with E-state index in [0.717, 1.165) is 24.1 Å². The van der Waals surface area contributed by atoms with Crippen LogP contribution >= 0.6 is 0 Å². The smallest absolute Gasteiger partial charge is 0.261 e. The number of carbonyl (C=O) groups excluding carboxylic acids is 1. The van der Waals surface area contributed by atoms with Crippen LogP contribution in [0.1, 0.15) is 22.8 Å². The molecule has 0 bridgehead atoms. The predicted molar refractivity (Wildman–Crippen MR) is 107 cm³/mol. The molecule has 3 aromatic carbocycles. The molecule has 5 nitrogen and oxygen atoms in total. The summed E-state index contributed by atoms with van der Waals surface area (Å²) < 4.78 is 40.0. The number of halogens is 1. The molecule has 0 aliphatic rings. The lowest BCUT2D eigenvalue weighted by Crippen LogP contribution is -2.14. The molecule has 0 heterocycles. The highest BCUT2D eigenvalue weighted by Crippen LogP contribution is 2.18. The maximum Gasteiger partial charge on any atom is 0.261 e. The first-order valence-electron chi connectivity index (χ1n) is 8.66. The van der Waals surface area contributed by atoms with Gasteiger partial charge in [0.15, 0.2) is 0 Å². The molecule has 144 valence electrons. The van der Waals surface area contributed by atoms with Crippen molar-refractivity contribution >= 4 is 27.3 Å². The van der Waals surface area contributed by atoms with Crippen molar-refractivity contribution in [2.24, 2.45) is 0 Å². The number of carbonyl (C=O) groups is 1. The molecule has 0 aromatic heterocycles. The van der Waals surface area contributed by atoms with Crippen molar-refractivity contribution in [2.75, 3.05) is 10.0 Å². The number of nitrogens with one attached hydrogen (secondary N) is 2. The number of hydrogen-bond donors (Lipinski definition) is 2. The van der Waals surface area contributed by atoms with Crippen LogP contribution in [0.5, 0.6) is 0 Å². The van der Waals surface area contributed by atoms with Crippen LogP contribution in [0.2, 0.25) is 0 Å². The summed E-state index contributed by atoms with van der Waals surface area (Å²) in [5.41, 5.74) is 2.51. The summed E-state index contributed by atoms with van der Waals surface area (Å²) >= 11 is 0. The Morgan fingerprint density at radius 2 is 1.61 bits per heavy atom. The highest BCUT2D eigenvalue weighted by molar-refractivity contribution is 7.92. The number of sulfonamides is 1. The lowest BCUT2D eigenvalue weighted by Gasteiger charge is -2.10. The van der Waals surface area contributed by atoms with Crippen LogP contribution in [-0.2, 0) is 16.4 Å². The molecule has 3 aromatic rings. The summed E-state index contributed by atoms with van der Waals surface area (Å²) in [6.07, 6.45) is 0.868. The second-order valence-corrected chi connectivity index (χ2v) is 7.83. The first-order valence-corrected chi connectivity index (χ1v) is 10.1. The van der Waals surface area contributed by atoms with E-state index in [1.807, 2.05) is 31.2 Å². The first kappa shape index (κ1) is 19.6. The molecule has 0 radical (unpaired) electrons. The van der Waals surface area contributed by atoms with Gasteiger partial charge in [-0.1, -0.05) is 19.1 Å². The third-order valence-corrected chi connectivity index (χ3v) is 5.51. The van der Waals surface area contributed by atoms with Crippen LogP contribution in [0.4, 0.5) is 15.8 Å². The number of hydrogen-bond acceptors (Lipinski definition) is 3. The Hall–Kier alpha value is -3.19. The van der Waals surface area contributed by atoms with Crippen LogP contribution in [-0.4, -0.2) is 14.3 Å². The molecule has 0 saturated heterocycles. The Morgan fingerprint density at radius 1 is 0.929 bits per heavy atom. The topological polar surface area (TPSA) is 75.3 Å². The van der Waals surface area contributed by atoms with Crippen molar-refractivity contribution in [3.05, 3.63) is 89.7 Å². The van der Waals surface area contributed by atoms with Crippen LogP contribution in [0.3, 0.4) is 0 Å². The van der Waals surface area contributed by atoms with Crippen LogP contribution in [0.25, 0.3) is 0 Å². The summed E-state index contributed by atoms with van der Waals surface area (Å²) in [6, 6.07) is 18.2. The van der Waals surface area contributed by atoms with E-state index in [2.05, 4.69) is 10.0 Å². The molecule has 0 aliphatic heterocycles. The van der Waals surface area contributed by atoms with E-state index in [9.17, 15) is 17.6 Å². The molecule has 0 saturated carbocycles. The summed E-state index contributed by atoms with van der Waals surface area (Å²) in [4.78, 5) is 12.3. The minimum atomic E-state index is -3.84. The van der Waals surface area contributed by atoms with Gasteiger partial charge < -0.3 is 5.32 Å². The Balaban J connectivity index is 1.70. The molecule has 3 rings (SSSR count). The maximum absolute atomic E-state index is 13.0. The molecule has 7 heteroatoms. The van der Waals surface area contributed by atoms with Crippen LogP contribution in [0.15, 0.2) is 77.7 Å². The first-order chi connectivity index (χ1) is 13.4. The lowest BCUT2D eigenvalue weighted by atomic mass is 10.1. The minimum absolute atomic E-state index is 0.0495. The molecule has 28 heavy (non-hydrogen) atoms. The van der Waals surface area contributed by atoms with Gasteiger partial charge in [-0.25, -0.2) is 12.8 Å². The summed E-state index contributed by atoms with van der Waals surface area (Å²) in [7, 11) is -3.84. The summed E-state index contributed by atoms with van der Waals surface area (Å²) in [6.45, 7) is 2.03. The van der Waals surface area contributed by atoms with E-state index in [1.165, 1.54) is 36.4 Å². The summed E-state index contributed by atoms with van der Waals surface area (Å²) in [5.74, 6) is -0.806. The van der Waals surface area contributed by atoms with Crippen molar-refractivity contribution in [3.8, 4) is 0 Å². The van der Waals surface area contributed by atoms with E-state index >= 15 is 0 Å². The van der Waals surface area contributed by atoms with Crippen molar-refractivity contribution in [1.82, 2.24) is 0 Å². The van der Waals surface area contributed by atoms with Gasteiger partial charge in [-0.3, -0.25) is 9.52 Å². The van der Waals surface area contributed by atoms with Gasteiger partial charge in [-0.05, 0) is 72.6 Å². The standard InChI is InChI=1S/C21H19FN2O3S/c1-2-15-4-3-5-19(14-15)23-21(25)16-6-10-18(11-7-16)24-28(26,27)20-12-8-17(22)9-13-20/h3-14,24H,2H2,1H3,(H,23,25). The largest absolute Gasteiger partial charge is 0.322 e. The van der Waals surface area contributed by atoms with Gasteiger partial charge in [0.05, 0.1) is 4.90 Å². The third kappa shape index (κ3) is 4.75. The SMILES string of the molecule is CCc1cccc(NC(=O)c2ccc(NS(=O)(=O)c3ccc(F)cc3)cc2)c1. The molecule has 0 fully saturated rings. The Morgan fingerprint density at radius 3 is 2.25 bits per heavy atom. The number of aryl methyl sites for hydroxylation is 1. The van der Waals surface area contributed by atoms with E-state index in [1.54, 1.807) is 0 Å². The second kappa shape index (κ2) is 8.22. The average Bonchev–Trinajstić information content (AvgIpc) is 2.68. The fourth-order valence-corrected chi connectivity index (χ4v) is 3.65. The van der Waals surface area contributed by atoms with E-state index in [0.29, 0.717) is 16.9 Å². The minimum Gasteiger partial charge on any atom is -0.322 e. The monoisotopic (exact) mass is 398 g/mol. The van der Waals surface area contributed by atoms with Gasteiger partial charge in [-0.2, -0.15) is 0 Å². The molecule has 0 spiro atoms. The Bertz CT molecular complexity index is 1080. The Kier molecular flexibility index (Phi) is 5.75. The Labute approximate surface area is 163 Å². The van der Waals surface area contributed by atoms with Crippen molar-refractivity contribution in [3.63, 3.8) is 0 Å². The second-order valence-electron chi connectivity index (χ2n) is 6.14. The van der Waals surface area contributed by atoms with Crippen molar-refractivity contribution in [2.45, 2.75) is 18.2 Å². The van der Waals surface area contributed by atoms with Crippen LogP contribution < -0.4 is 10.0 Å². The van der Waals surface area contributed by atoms with E-state index in [-0.39, 0.29) is 10.8 Å². The van der Waals surface area contributed by atoms with Crippen molar-refractivity contribution in [1.29, 1.82) is 0 Å². The van der Waals surface area contributed by atoms with Gasteiger partial charge in [-0.15, -0.1) is 0 Å². The highest BCUT2D eigenvalue weighted by Gasteiger charge is 2.14. The molecule has 2 N–H and O–H groups in total. The zero-order valence-corrected chi connectivity index (χ0v) is 16.0. The third-order valence-electron chi connectivity index (χ3n) is 4.12. The molecular formula is C21H19FN2O3S. The van der Waals surface area contributed by atoms with Gasteiger partial charge in [0.1, 0.15) is 5.82 Å². The fraction of sp³-hybridized carbons (Fsp3) is 0.0952. The van der Waals surface area contributed by atoms with E-state index < -0.39 is 15.8 Å². The quantitative estimate of drug-likeness (QED) is 0.645. The molecule has 0 aliphatic carbocycles.